The molecule has 0 bridgehead atoms. The molecule has 2 N–H and O–H groups in total. The summed E-state index contributed by atoms with van der Waals surface area (Å²) in [7, 11) is 0. The zero-order valence-corrected chi connectivity index (χ0v) is 10.0. The standard InChI is InChI=1S/C13H13F2NO3/c1-2-3-4-11(13(18)19)16-12(17)8-5-6-9(14)10(15)7-8/h2,5-7,11H,1,3-4H2,(H,16,17)(H,18,19)/t11-/m1/s1. The van der Waals surface area contributed by atoms with Gasteiger partial charge in [0.2, 0.25) is 0 Å². The Kier molecular flexibility index (Phi) is 5.17. The molecule has 1 amide bonds. The minimum absolute atomic E-state index is 0.135. The lowest BCUT2D eigenvalue weighted by Gasteiger charge is -2.13. The summed E-state index contributed by atoms with van der Waals surface area (Å²) in [6.45, 7) is 3.45. The highest BCUT2D eigenvalue weighted by atomic mass is 19.2. The van der Waals surface area contributed by atoms with Gasteiger partial charge in [-0.3, -0.25) is 4.79 Å². The van der Waals surface area contributed by atoms with E-state index in [1.807, 2.05) is 0 Å². The molecule has 1 rings (SSSR count). The fourth-order valence-electron chi connectivity index (χ4n) is 1.42. The van der Waals surface area contributed by atoms with E-state index < -0.39 is 29.6 Å². The van der Waals surface area contributed by atoms with E-state index in [0.29, 0.717) is 6.42 Å². The number of allylic oxidation sites excluding steroid dienone is 1. The zero-order chi connectivity index (χ0) is 14.4. The van der Waals surface area contributed by atoms with Gasteiger partial charge in [-0.2, -0.15) is 0 Å². The predicted octanol–water partition coefficient (Wildman–Crippen LogP) is 2.11. The highest BCUT2D eigenvalue weighted by molar-refractivity contribution is 5.96. The van der Waals surface area contributed by atoms with Crippen LogP contribution in [0.15, 0.2) is 30.9 Å². The quantitative estimate of drug-likeness (QED) is 0.777. The molecule has 0 aromatic heterocycles. The number of carboxylic acid groups (broad SMARTS) is 1. The van der Waals surface area contributed by atoms with E-state index in [1.165, 1.54) is 6.08 Å². The number of nitrogens with one attached hydrogen (secondary N) is 1. The van der Waals surface area contributed by atoms with Gasteiger partial charge in [0.15, 0.2) is 11.6 Å². The van der Waals surface area contributed by atoms with Gasteiger partial charge in [-0.25, -0.2) is 13.6 Å². The van der Waals surface area contributed by atoms with Crippen molar-refractivity contribution in [1.29, 1.82) is 0 Å². The van der Waals surface area contributed by atoms with Gasteiger partial charge in [0.05, 0.1) is 0 Å². The van der Waals surface area contributed by atoms with Gasteiger partial charge in [-0.15, -0.1) is 6.58 Å². The first-order valence-electron chi connectivity index (χ1n) is 5.55. The van der Waals surface area contributed by atoms with Crippen LogP contribution < -0.4 is 5.32 Å². The molecule has 0 fully saturated rings. The van der Waals surface area contributed by atoms with Crippen molar-refractivity contribution in [2.24, 2.45) is 0 Å². The minimum atomic E-state index is -1.20. The lowest BCUT2D eigenvalue weighted by Crippen LogP contribution is -2.40. The van der Waals surface area contributed by atoms with E-state index >= 15 is 0 Å². The Morgan fingerprint density at radius 1 is 1.37 bits per heavy atom. The van der Waals surface area contributed by atoms with Crippen LogP contribution in [-0.4, -0.2) is 23.0 Å². The summed E-state index contributed by atoms with van der Waals surface area (Å²) in [5, 5.41) is 11.2. The number of hydrogen-bond acceptors (Lipinski definition) is 2. The number of carboxylic acids is 1. The Hall–Kier alpha value is -2.24. The van der Waals surface area contributed by atoms with Crippen molar-refractivity contribution in [3.63, 3.8) is 0 Å². The van der Waals surface area contributed by atoms with Crippen LogP contribution in [0.2, 0.25) is 0 Å². The van der Waals surface area contributed by atoms with Gasteiger partial charge in [-0.05, 0) is 31.0 Å². The lowest BCUT2D eigenvalue weighted by molar-refractivity contribution is -0.139. The Labute approximate surface area is 108 Å². The number of rotatable bonds is 6. The Morgan fingerprint density at radius 2 is 2.05 bits per heavy atom. The predicted molar refractivity (Wildman–Crippen MR) is 64.7 cm³/mol. The number of halogens is 2. The molecular formula is C13H13F2NO3. The summed E-state index contributed by atoms with van der Waals surface area (Å²) in [5.74, 6) is -4.20. The van der Waals surface area contributed by atoms with Crippen LogP contribution in [0.25, 0.3) is 0 Å². The van der Waals surface area contributed by atoms with Crippen LogP contribution in [0.4, 0.5) is 8.78 Å². The molecule has 0 saturated carbocycles. The topological polar surface area (TPSA) is 66.4 Å². The van der Waals surface area contributed by atoms with Gasteiger partial charge in [-0.1, -0.05) is 6.08 Å². The molecule has 4 nitrogen and oxygen atoms in total. The van der Waals surface area contributed by atoms with Gasteiger partial charge in [0, 0.05) is 5.56 Å². The zero-order valence-electron chi connectivity index (χ0n) is 10.0. The van der Waals surface area contributed by atoms with Crippen molar-refractivity contribution in [2.45, 2.75) is 18.9 Å². The van der Waals surface area contributed by atoms with E-state index in [2.05, 4.69) is 11.9 Å². The maximum atomic E-state index is 13.0. The summed E-state index contributed by atoms with van der Waals surface area (Å²) in [5.41, 5.74) is -0.135. The number of aliphatic carboxylic acids is 1. The van der Waals surface area contributed by atoms with Crippen molar-refractivity contribution in [3.05, 3.63) is 48.1 Å². The SMILES string of the molecule is C=CCC[C@@H](NC(=O)c1ccc(F)c(F)c1)C(=O)O. The van der Waals surface area contributed by atoms with Crippen molar-refractivity contribution in [1.82, 2.24) is 5.32 Å². The average molecular weight is 269 g/mol. The molecular weight excluding hydrogens is 256 g/mol. The van der Waals surface area contributed by atoms with Crippen LogP contribution in [0.3, 0.4) is 0 Å². The number of benzene rings is 1. The molecule has 102 valence electrons. The lowest BCUT2D eigenvalue weighted by atomic mass is 10.1. The molecule has 0 unspecified atom stereocenters. The van der Waals surface area contributed by atoms with Crippen LogP contribution in [0.1, 0.15) is 23.2 Å². The Morgan fingerprint density at radius 3 is 2.58 bits per heavy atom. The summed E-state index contributed by atoms with van der Waals surface area (Å²) in [6.07, 6.45) is 2.11. The highest BCUT2D eigenvalue weighted by Gasteiger charge is 2.20. The first kappa shape index (κ1) is 14.8. The molecule has 0 radical (unpaired) electrons. The highest BCUT2D eigenvalue weighted by Crippen LogP contribution is 2.09. The van der Waals surface area contributed by atoms with Gasteiger partial charge in [0.25, 0.3) is 5.91 Å². The van der Waals surface area contributed by atoms with E-state index in [4.69, 9.17) is 5.11 Å². The fraction of sp³-hybridized carbons (Fsp3) is 0.231. The maximum absolute atomic E-state index is 13.0. The molecule has 6 heteroatoms. The second-order valence-corrected chi connectivity index (χ2v) is 3.86. The summed E-state index contributed by atoms with van der Waals surface area (Å²) < 4.78 is 25.7. The van der Waals surface area contributed by atoms with Crippen LogP contribution >= 0.6 is 0 Å². The van der Waals surface area contributed by atoms with E-state index in [9.17, 15) is 18.4 Å². The van der Waals surface area contributed by atoms with Crippen LogP contribution in [-0.2, 0) is 4.79 Å². The second-order valence-electron chi connectivity index (χ2n) is 3.86. The normalized spacial score (nSPS) is 11.7. The molecule has 1 aromatic rings. The van der Waals surface area contributed by atoms with Gasteiger partial charge in [0.1, 0.15) is 6.04 Å². The van der Waals surface area contributed by atoms with E-state index in [0.717, 1.165) is 18.2 Å². The van der Waals surface area contributed by atoms with Crippen LogP contribution in [0, 0.1) is 11.6 Å². The van der Waals surface area contributed by atoms with Gasteiger partial charge >= 0.3 is 5.97 Å². The Bertz CT molecular complexity index is 503. The molecule has 1 aromatic carbocycles. The first-order chi connectivity index (χ1) is 8.95. The van der Waals surface area contributed by atoms with E-state index in [1.54, 1.807) is 0 Å². The third-order valence-electron chi connectivity index (χ3n) is 2.44. The molecule has 19 heavy (non-hydrogen) atoms. The third-order valence-corrected chi connectivity index (χ3v) is 2.44. The number of carbonyl (C=O) groups excluding carboxylic acids is 1. The third kappa shape index (κ3) is 4.17. The van der Waals surface area contributed by atoms with Crippen molar-refractivity contribution < 1.29 is 23.5 Å². The smallest absolute Gasteiger partial charge is 0.326 e. The van der Waals surface area contributed by atoms with Crippen molar-refractivity contribution >= 4 is 11.9 Å². The number of hydrogen-bond donors (Lipinski definition) is 2. The molecule has 0 aliphatic carbocycles. The summed E-state index contributed by atoms with van der Waals surface area (Å²) >= 11 is 0. The Balaban J connectivity index is 2.78. The minimum Gasteiger partial charge on any atom is -0.480 e. The first-order valence-corrected chi connectivity index (χ1v) is 5.55. The van der Waals surface area contributed by atoms with Crippen molar-refractivity contribution in [2.75, 3.05) is 0 Å². The molecule has 0 saturated heterocycles. The van der Waals surface area contributed by atoms with E-state index in [-0.39, 0.29) is 12.0 Å². The largest absolute Gasteiger partial charge is 0.480 e. The molecule has 0 heterocycles. The molecule has 1 atom stereocenters. The van der Waals surface area contributed by atoms with Crippen LogP contribution in [0.5, 0.6) is 0 Å². The van der Waals surface area contributed by atoms with Gasteiger partial charge < -0.3 is 10.4 Å². The number of carbonyl (C=O) groups is 2. The fourth-order valence-corrected chi connectivity index (χ4v) is 1.42. The molecule has 0 spiro atoms. The van der Waals surface area contributed by atoms with Crippen molar-refractivity contribution in [3.8, 4) is 0 Å². The molecule has 0 aliphatic heterocycles. The molecule has 0 aliphatic rings. The summed E-state index contributed by atoms with van der Waals surface area (Å²) in [4.78, 5) is 22.6. The average Bonchev–Trinajstić information content (AvgIpc) is 2.37. The number of amides is 1. The summed E-state index contributed by atoms with van der Waals surface area (Å²) in [6, 6.07) is 1.51. The second kappa shape index (κ2) is 6.63. The monoisotopic (exact) mass is 269 g/mol. The maximum Gasteiger partial charge on any atom is 0.326 e.